The largest absolute Gasteiger partial charge is 0.507 e. The van der Waals surface area contributed by atoms with Gasteiger partial charge in [0.15, 0.2) is 0 Å². The smallest absolute Gasteiger partial charge is 0.295 e. The highest BCUT2D eigenvalue weighted by Crippen LogP contribution is 2.40. The molecule has 34 heavy (non-hydrogen) atoms. The van der Waals surface area contributed by atoms with Crippen molar-refractivity contribution in [2.24, 2.45) is 0 Å². The van der Waals surface area contributed by atoms with E-state index in [1.165, 1.54) is 11.2 Å². The van der Waals surface area contributed by atoms with Crippen LogP contribution < -0.4 is 4.74 Å². The molecule has 1 saturated heterocycles. The lowest BCUT2D eigenvalue weighted by atomic mass is 9.99. The zero-order valence-corrected chi connectivity index (χ0v) is 19.0. The number of rotatable bonds is 6. The van der Waals surface area contributed by atoms with E-state index in [1.54, 1.807) is 43.5 Å². The van der Waals surface area contributed by atoms with Crippen LogP contribution in [0.1, 0.15) is 22.9 Å². The highest BCUT2D eigenvalue weighted by Gasteiger charge is 2.47. The van der Waals surface area contributed by atoms with Gasteiger partial charge in [0.2, 0.25) is 0 Å². The SMILES string of the molecule is COc1ccc2[nH]cc(CCN3C(=O)C(=O)C(=C(O)c4ccc(Cl)cc4)[C@H]3c3ccco3)c2c1. The van der Waals surface area contributed by atoms with Gasteiger partial charge < -0.3 is 24.1 Å². The highest BCUT2D eigenvalue weighted by atomic mass is 35.5. The third-order valence-electron chi connectivity index (χ3n) is 6.07. The van der Waals surface area contributed by atoms with Gasteiger partial charge in [0.05, 0.1) is 18.9 Å². The number of carbonyl (C=O) groups excluding carboxylic acids is 2. The number of nitrogens with one attached hydrogen (secondary N) is 1. The Balaban J connectivity index is 1.52. The van der Waals surface area contributed by atoms with E-state index in [1.807, 2.05) is 24.4 Å². The molecule has 4 aromatic rings. The van der Waals surface area contributed by atoms with Crippen LogP contribution in [0.5, 0.6) is 5.75 Å². The van der Waals surface area contributed by atoms with Crippen molar-refractivity contribution in [3.8, 4) is 5.75 Å². The van der Waals surface area contributed by atoms with Crippen LogP contribution in [-0.4, -0.2) is 40.3 Å². The molecule has 0 saturated carbocycles. The van der Waals surface area contributed by atoms with E-state index in [0.29, 0.717) is 22.8 Å². The number of likely N-dealkylation sites (tertiary alicyclic amines) is 1. The lowest BCUT2D eigenvalue weighted by Gasteiger charge is -2.23. The fourth-order valence-corrected chi connectivity index (χ4v) is 4.47. The molecule has 7 nitrogen and oxygen atoms in total. The van der Waals surface area contributed by atoms with Crippen LogP contribution in [-0.2, 0) is 16.0 Å². The molecule has 2 aromatic carbocycles. The maximum absolute atomic E-state index is 13.1. The molecule has 8 heteroatoms. The summed E-state index contributed by atoms with van der Waals surface area (Å²) in [6, 6.07) is 14.7. The number of carbonyl (C=O) groups is 2. The number of ether oxygens (including phenoxy) is 1. The lowest BCUT2D eigenvalue weighted by molar-refractivity contribution is -0.140. The molecule has 0 radical (unpaired) electrons. The van der Waals surface area contributed by atoms with Gasteiger partial charge >= 0.3 is 0 Å². The van der Waals surface area contributed by atoms with Gasteiger partial charge in [-0.25, -0.2) is 0 Å². The van der Waals surface area contributed by atoms with Crippen molar-refractivity contribution < 1.29 is 23.8 Å². The topological polar surface area (TPSA) is 95.8 Å². The number of H-pyrrole nitrogens is 1. The molecule has 1 aliphatic heterocycles. The number of aliphatic hydroxyl groups excluding tert-OH is 1. The first-order valence-corrected chi connectivity index (χ1v) is 11.1. The summed E-state index contributed by atoms with van der Waals surface area (Å²) >= 11 is 5.96. The van der Waals surface area contributed by atoms with E-state index in [0.717, 1.165) is 22.2 Å². The molecule has 172 valence electrons. The van der Waals surface area contributed by atoms with Gasteiger partial charge in [0, 0.05) is 34.2 Å². The van der Waals surface area contributed by atoms with Gasteiger partial charge in [-0.3, -0.25) is 9.59 Å². The number of ketones is 1. The first-order valence-electron chi connectivity index (χ1n) is 10.7. The number of furan rings is 1. The standard InChI is InChI=1S/C26H21ClN2O5/c1-33-18-8-9-20-19(13-18)16(14-28-20)10-11-29-23(21-3-2-12-34-21)22(25(31)26(29)32)24(30)15-4-6-17(27)7-5-15/h2-9,12-14,23,28,30H,10-11H2,1H3/t23-/m1/s1. The lowest BCUT2D eigenvalue weighted by Crippen LogP contribution is -2.31. The first kappa shape index (κ1) is 21.9. The zero-order valence-electron chi connectivity index (χ0n) is 18.2. The minimum atomic E-state index is -0.842. The molecular formula is C26H21ClN2O5. The number of halogens is 1. The number of aromatic amines is 1. The Kier molecular flexibility index (Phi) is 5.63. The van der Waals surface area contributed by atoms with Crippen molar-refractivity contribution in [1.29, 1.82) is 0 Å². The average molecular weight is 477 g/mol. The summed E-state index contributed by atoms with van der Waals surface area (Å²) in [6.07, 6.45) is 3.85. The van der Waals surface area contributed by atoms with Gasteiger partial charge in [-0.05, 0) is 66.6 Å². The number of hydrogen-bond acceptors (Lipinski definition) is 5. The number of methoxy groups -OCH3 is 1. The zero-order chi connectivity index (χ0) is 23.8. The Labute approximate surface area is 200 Å². The van der Waals surface area contributed by atoms with E-state index in [-0.39, 0.29) is 17.9 Å². The number of nitrogens with zero attached hydrogens (tertiary/aromatic N) is 1. The summed E-state index contributed by atoms with van der Waals surface area (Å²) < 4.78 is 10.9. The summed E-state index contributed by atoms with van der Waals surface area (Å²) in [5.41, 5.74) is 2.31. The number of aliphatic hydroxyl groups is 1. The van der Waals surface area contributed by atoms with E-state index in [9.17, 15) is 14.7 Å². The maximum Gasteiger partial charge on any atom is 0.295 e. The minimum absolute atomic E-state index is 0.0112. The van der Waals surface area contributed by atoms with E-state index < -0.39 is 17.7 Å². The Hall–Kier alpha value is -3.97. The quantitative estimate of drug-likeness (QED) is 0.229. The van der Waals surface area contributed by atoms with Crippen LogP contribution in [0.2, 0.25) is 5.02 Å². The molecule has 1 aliphatic rings. The molecule has 1 fully saturated rings. The third kappa shape index (κ3) is 3.74. The molecule has 2 N–H and O–H groups in total. The van der Waals surface area contributed by atoms with E-state index >= 15 is 0 Å². The molecule has 2 aromatic heterocycles. The molecular weight excluding hydrogens is 456 g/mol. The average Bonchev–Trinajstić information content (AvgIpc) is 3.57. The predicted molar refractivity (Wildman–Crippen MR) is 128 cm³/mol. The number of aromatic nitrogens is 1. The van der Waals surface area contributed by atoms with Crippen molar-refractivity contribution in [2.45, 2.75) is 12.5 Å². The van der Waals surface area contributed by atoms with Crippen molar-refractivity contribution in [3.05, 3.63) is 94.5 Å². The van der Waals surface area contributed by atoms with Gasteiger partial charge in [-0.15, -0.1) is 0 Å². The number of hydrogen-bond donors (Lipinski definition) is 2. The molecule has 0 bridgehead atoms. The van der Waals surface area contributed by atoms with Crippen molar-refractivity contribution in [1.82, 2.24) is 9.88 Å². The summed E-state index contributed by atoms with van der Waals surface area (Å²) in [5, 5.41) is 12.5. The fourth-order valence-electron chi connectivity index (χ4n) is 4.35. The number of amides is 1. The normalized spacial score (nSPS) is 17.6. The second-order valence-corrected chi connectivity index (χ2v) is 8.43. The van der Waals surface area contributed by atoms with Crippen LogP contribution in [0.15, 0.2) is 77.0 Å². The summed E-state index contributed by atoms with van der Waals surface area (Å²) in [5.74, 6) is -0.581. The number of benzene rings is 2. The van der Waals surface area contributed by atoms with Gasteiger partial charge in [0.25, 0.3) is 11.7 Å². The second kappa shape index (κ2) is 8.76. The summed E-state index contributed by atoms with van der Waals surface area (Å²) in [7, 11) is 1.61. The molecule has 1 amide bonds. The van der Waals surface area contributed by atoms with Gasteiger partial charge in [0.1, 0.15) is 23.3 Å². The number of fused-ring (bicyclic) bond motifs is 1. The predicted octanol–water partition coefficient (Wildman–Crippen LogP) is 5.09. The molecule has 0 spiro atoms. The van der Waals surface area contributed by atoms with Crippen molar-refractivity contribution >= 4 is 40.0 Å². The summed E-state index contributed by atoms with van der Waals surface area (Å²) in [4.78, 5) is 30.8. The molecule has 1 atom stereocenters. The first-order chi connectivity index (χ1) is 16.5. The molecule has 5 rings (SSSR count). The Morgan fingerprint density at radius 1 is 1.18 bits per heavy atom. The second-order valence-electron chi connectivity index (χ2n) is 7.99. The number of Topliss-reactive ketones (excluding diaryl/α,β-unsaturated/α-hetero) is 1. The van der Waals surface area contributed by atoms with Crippen molar-refractivity contribution in [2.75, 3.05) is 13.7 Å². The Morgan fingerprint density at radius 3 is 2.68 bits per heavy atom. The van der Waals surface area contributed by atoms with Crippen LogP contribution in [0.4, 0.5) is 0 Å². The van der Waals surface area contributed by atoms with Crippen LogP contribution in [0.3, 0.4) is 0 Å². The monoisotopic (exact) mass is 476 g/mol. The molecule has 0 aliphatic carbocycles. The van der Waals surface area contributed by atoms with Crippen molar-refractivity contribution in [3.63, 3.8) is 0 Å². The highest BCUT2D eigenvalue weighted by molar-refractivity contribution is 6.46. The van der Waals surface area contributed by atoms with E-state index in [2.05, 4.69) is 4.98 Å². The molecule has 3 heterocycles. The Bertz CT molecular complexity index is 1400. The molecule has 0 unspecified atom stereocenters. The van der Waals surface area contributed by atoms with Crippen LogP contribution >= 0.6 is 11.6 Å². The Morgan fingerprint density at radius 2 is 1.97 bits per heavy atom. The van der Waals surface area contributed by atoms with E-state index in [4.69, 9.17) is 20.8 Å². The van der Waals surface area contributed by atoms with Crippen LogP contribution in [0.25, 0.3) is 16.7 Å². The summed E-state index contributed by atoms with van der Waals surface area (Å²) in [6.45, 7) is 0.248. The van der Waals surface area contributed by atoms with Gasteiger partial charge in [-0.2, -0.15) is 0 Å². The maximum atomic E-state index is 13.1. The fraction of sp³-hybridized carbons (Fsp3) is 0.154. The third-order valence-corrected chi connectivity index (χ3v) is 6.32. The minimum Gasteiger partial charge on any atom is -0.507 e. The van der Waals surface area contributed by atoms with Crippen LogP contribution in [0, 0.1) is 0 Å². The van der Waals surface area contributed by atoms with Gasteiger partial charge in [-0.1, -0.05) is 11.6 Å².